The second-order valence-corrected chi connectivity index (χ2v) is 5.29. The Kier molecular flexibility index (Phi) is 6.43. The monoisotopic (exact) mass is 279 g/mol. The van der Waals surface area contributed by atoms with E-state index in [-0.39, 0.29) is 11.6 Å². The molecule has 0 saturated carbocycles. The Balaban J connectivity index is 3.34. The van der Waals surface area contributed by atoms with E-state index in [9.17, 15) is 0 Å². The van der Waals surface area contributed by atoms with E-state index in [0.29, 0.717) is 0 Å². The zero-order chi connectivity index (χ0) is 15.2. The number of hydrogen-bond acceptors (Lipinski definition) is 4. The summed E-state index contributed by atoms with van der Waals surface area (Å²) >= 11 is 0. The van der Waals surface area contributed by atoms with Crippen molar-refractivity contribution < 1.29 is 4.74 Å². The Morgan fingerprint density at radius 3 is 2.40 bits per heavy atom. The Morgan fingerprint density at radius 2 is 1.95 bits per heavy atom. The summed E-state index contributed by atoms with van der Waals surface area (Å²) in [5.41, 5.74) is 1.02. The molecule has 0 fully saturated rings. The van der Waals surface area contributed by atoms with Crippen LogP contribution >= 0.6 is 0 Å². The molecular formula is C16H29N3O. The third kappa shape index (κ3) is 3.13. The molecule has 0 aromatic carbocycles. The second kappa shape index (κ2) is 7.60. The number of nitrogens with zero attached hydrogens (tertiary/aromatic N) is 2. The molecule has 4 heteroatoms. The normalized spacial score (nSPS) is 13.6. The molecule has 0 amide bonds. The van der Waals surface area contributed by atoms with Crippen LogP contribution < -0.4 is 10.1 Å². The van der Waals surface area contributed by atoms with Crippen molar-refractivity contribution in [2.24, 2.45) is 0 Å². The quantitative estimate of drug-likeness (QED) is 0.794. The molecule has 1 atom stereocenters. The van der Waals surface area contributed by atoms with Gasteiger partial charge in [0.05, 0.1) is 13.2 Å². The molecule has 1 N–H and O–H groups in total. The first-order chi connectivity index (χ1) is 9.57. The van der Waals surface area contributed by atoms with Gasteiger partial charge in [0.2, 0.25) is 0 Å². The van der Waals surface area contributed by atoms with Crippen molar-refractivity contribution in [3.8, 4) is 5.75 Å². The molecule has 0 aliphatic carbocycles. The zero-order valence-corrected chi connectivity index (χ0v) is 13.7. The Hall–Kier alpha value is -1.13. The lowest BCUT2D eigenvalue weighted by molar-refractivity contribution is 0.0856. The van der Waals surface area contributed by atoms with E-state index in [1.165, 1.54) is 0 Å². The molecule has 1 aromatic rings. The fraction of sp³-hybridized carbons (Fsp3) is 0.688. The number of likely N-dealkylation sites (N-methyl/N-ethyl adjacent to an activating group) is 2. The molecular weight excluding hydrogens is 250 g/mol. The molecule has 114 valence electrons. The Bertz CT molecular complexity index is 402. The van der Waals surface area contributed by atoms with Crippen LogP contribution in [-0.4, -0.2) is 43.2 Å². The lowest BCUT2D eigenvalue weighted by Crippen LogP contribution is -2.53. The highest BCUT2D eigenvalue weighted by Gasteiger charge is 2.40. The molecule has 1 heterocycles. The average molecular weight is 279 g/mol. The molecule has 4 nitrogen and oxygen atoms in total. The number of hydrogen-bond donors (Lipinski definition) is 1. The SMILES string of the molecule is CCNC(c1ncccc1OC)C(CC)(CC)N(C)C. The number of ether oxygens (including phenoxy) is 1. The summed E-state index contributed by atoms with van der Waals surface area (Å²) in [7, 11) is 6.00. The van der Waals surface area contributed by atoms with Crippen molar-refractivity contribution >= 4 is 0 Å². The van der Waals surface area contributed by atoms with Crippen molar-refractivity contribution in [3.05, 3.63) is 24.0 Å². The highest BCUT2D eigenvalue weighted by molar-refractivity contribution is 5.32. The fourth-order valence-electron chi connectivity index (χ4n) is 3.09. The largest absolute Gasteiger partial charge is 0.495 e. The van der Waals surface area contributed by atoms with Gasteiger partial charge in [0.15, 0.2) is 0 Å². The number of aromatic nitrogens is 1. The van der Waals surface area contributed by atoms with E-state index in [4.69, 9.17) is 4.74 Å². The van der Waals surface area contributed by atoms with Gasteiger partial charge in [-0.1, -0.05) is 20.8 Å². The maximum atomic E-state index is 5.52. The molecule has 20 heavy (non-hydrogen) atoms. The van der Waals surface area contributed by atoms with Crippen molar-refractivity contribution in [3.63, 3.8) is 0 Å². The van der Waals surface area contributed by atoms with Gasteiger partial charge in [-0.3, -0.25) is 4.98 Å². The standard InChI is InChI=1S/C16H29N3O/c1-7-16(8-2,19(4)5)15(17-9-3)14-13(20-6)11-10-12-18-14/h10-12,15,17H,7-9H2,1-6H3. The van der Waals surface area contributed by atoms with Crippen LogP contribution in [-0.2, 0) is 0 Å². The second-order valence-electron chi connectivity index (χ2n) is 5.29. The van der Waals surface area contributed by atoms with E-state index in [1.807, 2.05) is 18.3 Å². The number of methoxy groups -OCH3 is 1. The maximum Gasteiger partial charge on any atom is 0.142 e. The van der Waals surface area contributed by atoms with Crippen LogP contribution in [0, 0.1) is 0 Å². The fourth-order valence-corrected chi connectivity index (χ4v) is 3.09. The number of nitrogens with one attached hydrogen (secondary N) is 1. The molecule has 0 bridgehead atoms. The van der Waals surface area contributed by atoms with Gasteiger partial charge in [0, 0.05) is 11.7 Å². The van der Waals surface area contributed by atoms with Gasteiger partial charge in [0.25, 0.3) is 0 Å². The minimum atomic E-state index is 0.0254. The molecule has 0 radical (unpaired) electrons. The summed E-state index contributed by atoms with van der Waals surface area (Å²) in [6, 6.07) is 4.05. The third-order valence-electron chi connectivity index (χ3n) is 4.35. The highest BCUT2D eigenvalue weighted by atomic mass is 16.5. The van der Waals surface area contributed by atoms with Crippen molar-refractivity contribution in [2.45, 2.75) is 45.2 Å². The highest BCUT2D eigenvalue weighted by Crippen LogP contribution is 2.38. The zero-order valence-electron chi connectivity index (χ0n) is 13.7. The van der Waals surface area contributed by atoms with E-state index < -0.39 is 0 Å². The van der Waals surface area contributed by atoms with Crippen LogP contribution in [0.5, 0.6) is 5.75 Å². The number of pyridine rings is 1. The van der Waals surface area contributed by atoms with E-state index >= 15 is 0 Å². The molecule has 1 aromatic heterocycles. The number of rotatable bonds is 8. The van der Waals surface area contributed by atoms with Gasteiger partial charge in [-0.05, 0) is 45.6 Å². The van der Waals surface area contributed by atoms with Gasteiger partial charge in [-0.2, -0.15) is 0 Å². The van der Waals surface area contributed by atoms with Crippen molar-refractivity contribution in [1.82, 2.24) is 15.2 Å². The summed E-state index contributed by atoms with van der Waals surface area (Å²) in [4.78, 5) is 6.91. The first-order valence-electron chi connectivity index (χ1n) is 7.47. The minimum Gasteiger partial charge on any atom is -0.495 e. The topological polar surface area (TPSA) is 37.4 Å². The van der Waals surface area contributed by atoms with Gasteiger partial charge >= 0.3 is 0 Å². The first-order valence-corrected chi connectivity index (χ1v) is 7.47. The Morgan fingerprint density at radius 1 is 1.30 bits per heavy atom. The van der Waals surface area contributed by atoms with Crippen LogP contribution in [0.25, 0.3) is 0 Å². The van der Waals surface area contributed by atoms with Crippen LogP contribution in [0.2, 0.25) is 0 Å². The summed E-state index contributed by atoms with van der Waals surface area (Å²) in [5, 5.41) is 3.61. The van der Waals surface area contributed by atoms with Gasteiger partial charge < -0.3 is 15.0 Å². The Labute approximate surface area is 123 Å². The molecule has 0 saturated heterocycles. The molecule has 0 spiro atoms. The van der Waals surface area contributed by atoms with Gasteiger partial charge in [-0.15, -0.1) is 0 Å². The smallest absolute Gasteiger partial charge is 0.142 e. The van der Waals surface area contributed by atoms with Crippen LogP contribution in [0.15, 0.2) is 18.3 Å². The van der Waals surface area contributed by atoms with E-state index in [1.54, 1.807) is 7.11 Å². The maximum absolute atomic E-state index is 5.52. The van der Waals surface area contributed by atoms with Crippen molar-refractivity contribution in [1.29, 1.82) is 0 Å². The van der Waals surface area contributed by atoms with E-state index in [2.05, 4.69) is 50.1 Å². The van der Waals surface area contributed by atoms with E-state index in [0.717, 1.165) is 30.8 Å². The molecule has 1 rings (SSSR count). The van der Waals surface area contributed by atoms with Crippen LogP contribution in [0.4, 0.5) is 0 Å². The lowest BCUT2D eigenvalue weighted by atomic mass is 9.81. The lowest BCUT2D eigenvalue weighted by Gasteiger charge is -2.45. The third-order valence-corrected chi connectivity index (χ3v) is 4.35. The molecule has 1 unspecified atom stereocenters. The minimum absolute atomic E-state index is 0.0254. The van der Waals surface area contributed by atoms with Crippen LogP contribution in [0.1, 0.15) is 45.3 Å². The predicted molar refractivity (Wildman–Crippen MR) is 84.2 cm³/mol. The van der Waals surface area contributed by atoms with Gasteiger partial charge in [-0.25, -0.2) is 0 Å². The summed E-state index contributed by atoms with van der Waals surface area (Å²) in [6.07, 6.45) is 3.94. The molecule has 0 aliphatic heterocycles. The summed E-state index contributed by atoms with van der Waals surface area (Å²) in [6.45, 7) is 7.51. The first kappa shape index (κ1) is 16.9. The molecule has 0 aliphatic rings. The predicted octanol–water partition coefficient (Wildman–Crippen LogP) is 2.86. The van der Waals surface area contributed by atoms with Gasteiger partial charge in [0.1, 0.15) is 11.4 Å². The summed E-state index contributed by atoms with van der Waals surface area (Å²) in [5.74, 6) is 0.853. The summed E-state index contributed by atoms with van der Waals surface area (Å²) < 4.78 is 5.52. The average Bonchev–Trinajstić information content (AvgIpc) is 2.47. The van der Waals surface area contributed by atoms with Crippen molar-refractivity contribution in [2.75, 3.05) is 27.7 Å². The van der Waals surface area contributed by atoms with Crippen LogP contribution in [0.3, 0.4) is 0 Å².